The summed E-state index contributed by atoms with van der Waals surface area (Å²) in [5.74, 6) is 2.13. The molecule has 1 unspecified atom stereocenters. The van der Waals surface area contributed by atoms with Crippen LogP contribution in [-0.4, -0.2) is 16.6 Å². The fraction of sp³-hybridized carbons (Fsp3) is 0.333. The van der Waals surface area contributed by atoms with E-state index in [1.165, 1.54) is 11.8 Å². The highest BCUT2D eigenvalue weighted by molar-refractivity contribution is 8.00. The van der Waals surface area contributed by atoms with Crippen molar-refractivity contribution in [3.05, 3.63) is 47.7 Å². The lowest BCUT2D eigenvalue weighted by atomic mass is 10.1. The van der Waals surface area contributed by atoms with Gasteiger partial charge < -0.3 is 9.73 Å². The number of carbonyl (C=O) groups is 1. The van der Waals surface area contributed by atoms with Crippen molar-refractivity contribution in [2.45, 2.75) is 31.7 Å². The van der Waals surface area contributed by atoms with Crippen LogP contribution in [0, 0.1) is 13.8 Å². The summed E-state index contributed by atoms with van der Waals surface area (Å²) >= 11 is 1.50. The first kappa shape index (κ1) is 14.7. The van der Waals surface area contributed by atoms with E-state index in [1.54, 1.807) is 12.4 Å². The summed E-state index contributed by atoms with van der Waals surface area (Å²) in [6.45, 7) is 5.79. The van der Waals surface area contributed by atoms with Gasteiger partial charge in [0.1, 0.15) is 11.5 Å². The Kier molecular flexibility index (Phi) is 4.84. The Morgan fingerprint density at radius 2 is 2.10 bits per heavy atom. The van der Waals surface area contributed by atoms with E-state index in [9.17, 15) is 4.79 Å². The van der Waals surface area contributed by atoms with Crippen molar-refractivity contribution >= 4 is 17.7 Å². The van der Waals surface area contributed by atoms with Gasteiger partial charge in [-0.05, 0) is 39.0 Å². The van der Waals surface area contributed by atoms with Gasteiger partial charge in [0.15, 0.2) is 0 Å². The van der Waals surface area contributed by atoms with Crippen LogP contribution in [0.4, 0.5) is 0 Å². The Labute approximate surface area is 123 Å². The van der Waals surface area contributed by atoms with E-state index >= 15 is 0 Å². The van der Waals surface area contributed by atoms with Gasteiger partial charge in [0.2, 0.25) is 5.91 Å². The molecule has 2 rings (SSSR count). The van der Waals surface area contributed by atoms with Crippen molar-refractivity contribution in [1.29, 1.82) is 0 Å². The Bertz CT molecular complexity index is 581. The van der Waals surface area contributed by atoms with Gasteiger partial charge in [0, 0.05) is 22.9 Å². The number of aromatic nitrogens is 1. The number of carbonyl (C=O) groups excluding carboxylic acids is 1. The lowest BCUT2D eigenvalue weighted by Crippen LogP contribution is -2.28. The number of hydrogen-bond acceptors (Lipinski definition) is 4. The molecule has 1 atom stereocenters. The number of rotatable bonds is 5. The second kappa shape index (κ2) is 6.61. The van der Waals surface area contributed by atoms with E-state index in [-0.39, 0.29) is 11.9 Å². The molecule has 2 aromatic heterocycles. The minimum Gasteiger partial charge on any atom is -0.466 e. The molecule has 20 heavy (non-hydrogen) atoms. The molecular weight excluding hydrogens is 272 g/mol. The zero-order chi connectivity index (χ0) is 14.5. The van der Waals surface area contributed by atoms with Crippen LogP contribution in [0.2, 0.25) is 0 Å². The van der Waals surface area contributed by atoms with E-state index in [1.807, 2.05) is 39.0 Å². The minimum atomic E-state index is -0.0435. The smallest absolute Gasteiger partial charge is 0.230 e. The lowest BCUT2D eigenvalue weighted by molar-refractivity contribution is -0.119. The Balaban J connectivity index is 1.87. The zero-order valence-corrected chi connectivity index (χ0v) is 12.7. The van der Waals surface area contributed by atoms with Crippen LogP contribution >= 0.6 is 11.8 Å². The predicted molar refractivity (Wildman–Crippen MR) is 79.7 cm³/mol. The molecule has 5 heteroatoms. The van der Waals surface area contributed by atoms with Crippen molar-refractivity contribution in [1.82, 2.24) is 10.3 Å². The number of pyridine rings is 1. The van der Waals surface area contributed by atoms with Gasteiger partial charge in [-0.1, -0.05) is 0 Å². The quantitative estimate of drug-likeness (QED) is 0.859. The van der Waals surface area contributed by atoms with Crippen LogP contribution in [0.25, 0.3) is 0 Å². The molecule has 0 saturated carbocycles. The van der Waals surface area contributed by atoms with Crippen LogP contribution in [0.15, 0.2) is 39.9 Å². The van der Waals surface area contributed by atoms with Crippen molar-refractivity contribution < 1.29 is 9.21 Å². The molecule has 4 nitrogen and oxygen atoms in total. The summed E-state index contributed by atoms with van der Waals surface area (Å²) in [4.78, 5) is 16.9. The Morgan fingerprint density at radius 3 is 2.70 bits per heavy atom. The van der Waals surface area contributed by atoms with E-state index in [4.69, 9.17) is 4.42 Å². The summed E-state index contributed by atoms with van der Waals surface area (Å²) in [5.41, 5.74) is 1.03. The molecule has 1 amide bonds. The highest BCUT2D eigenvalue weighted by atomic mass is 32.2. The van der Waals surface area contributed by atoms with Crippen LogP contribution in [0.1, 0.15) is 30.0 Å². The Morgan fingerprint density at radius 1 is 1.40 bits per heavy atom. The summed E-state index contributed by atoms with van der Waals surface area (Å²) in [7, 11) is 0. The molecule has 0 radical (unpaired) electrons. The molecule has 0 saturated heterocycles. The minimum absolute atomic E-state index is 0.0116. The zero-order valence-electron chi connectivity index (χ0n) is 11.8. The first-order valence-electron chi connectivity index (χ1n) is 6.45. The number of hydrogen-bond donors (Lipinski definition) is 1. The molecule has 0 spiro atoms. The average molecular weight is 290 g/mol. The molecule has 0 aliphatic rings. The van der Waals surface area contributed by atoms with Crippen LogP contribution < -0.4 is 5.32 Å². The maximum absolute atomic E-state index is 11.9. The van der Waals surface area contributed by atoms with Gasteiger partial charge in [0.25, 0.3) is 0 Å². The second-order valence-electron chi connectivity index (χ2n) is 4.63. The third kappa shape index (κ3) is 3.87. The van der Waals surface area contributed by atoms with E-state index in [2.05, 4.69) is 10.3 Å². The summed E-state index contributed by atoms with van der Waals surface area (Å²) < 4.78 is 5.48. The van der Waals surface area contributed by atoms with Crippen LogP contribution in [-0.2, 0) is 4.79 Å². The number of thioether (sulfide) groups is 1. The second-order valence-corrected chi connectivity index (χ2v) is 5.68. The average Bonchev–Trinajstić information content (AvgIpc) is 2.77. The third-order valence-corrected chi connectivity index (χ3v) is 3.96. The summed E-state index contributed by atoms with van der Waals surface area (Å²) in [6, 6.07) is 5.71. The number of aryl methyl sites for hydroxylation is 2. The number of amides is 1. The van der Waals surface area contributed by atoms with Gasteiger partial charge >= 0.3 is 0 Å². The van der Waals surface area contributed by atoms with Crippen molar-refractivity contribution in [3.8, 4) is 0 Å². The van der Waals surface area contributed by atoms with Crippen molar-refractivity contribution in [2.75, 3.05) is 5.75 Å². The molecule has 2 aromatic rings. The van der Waals surface area contributed by atoms with Crippen LogP contribution in [0.5, 0.6) is 0 Å². The molecule has 0 aromatic carbocycles. The molecule has 1 N–H and O–H groups in total. The van der Waals surface area contributed by atoms with Gasteiger partial charge in [-0.3, -0.25) is 9.78 Å². The van der Waals surface area contributed by atoms with E-state index in [0.29, 0.717) is 5.75 Å². The standard InChI is InChI=1S/C15H18N2O2S/c1-10-8-14(12(3)19-10)11(2)17-15(18)9-20-13-4-6-16-7-5-13/h4-8,11H,9H2,1-3H3,(H,17,18). The van der Waals surface area contributed by atoms with Crippen molar-refractivity contribution in [2.24, 2.45) is 0 Å². The normalized spacial score (nSPS) is 12.2. The maximum Gasteiger partial charge on any atom is 0.230 e. The fourth-order valence-corrected chi connectivity index (χ4v) is 2.72. The third-order valence-electron chi connectivity index (χ3n) is 2.94. The number of nitrogens with one attached hydrogen (secondary N) is 1. The molecule has 106 valence electrons. The van der Waals surface area contributed by atoms with Gasteiger partial charge in [0.05, 0.1) is 11.8 Å². The van der Waals surface area contributed by atoms with Gasteiger partial charge in [-0.2, -0.15) is 0 Å². The van der Waals surface area contributed by atoms with Crippen molar-refractivity contribution in [3.63, 3.8) is 0 Å². The van der Waals surface area contributed by atoms with Crippen LogP contribution in [0.3, 0.4) is 0 Å². The highest BCUT2D eigenvalue weighted by Crippen LogP contribution is 2.22. The number of nitrogens with zero attached hydrogens (tertiary/aromatic N) is 1. The first-order valence-corrected chi connectivity index (χ1v) is 7.44. The topological polar surface area (TPSA) is 55.1 Å². The first-order chi connectivity index (χ1) is 9.56. The van der Waals surface area contributed by atoms with Gasteiger partial charge in [-0.25, -0.2) is 0 Å². The molecule has 2 heterocycles. The van der Waals surface area contributed by atoms with E-state index < -0.39 is 0 Å². The summed E-state index contributed by atoms with van der Waals surface area (Å²) in [5, 5.41) is 2.99. The van der Waals surface area contributed by atoms with Gasteiger partial charge in [-0.15, -0.1) is 11.8 Å². The fourth-order valence-electron chi connectivity index (χ4n) is 2.02. The molecule has 0 aliphatic heterocycles. The monoisotopic (exact) mass is 290 g/mol. The highest BCUT2D eigenvalue weighted by Gasteiger charge is 2.15. The molecular formula is C15H18N2O2S. The SMILES string of the molecule is Cc1cc(C(C)NC(=O)CSc2ccncc2)c(C)o1. The Hall–Kier alpha value is -1.75. The molecule has 0 bridgehead atoms. The lowest BCUT2D eigenvalue weighted by Gasteiger charge is -2.13. The predicted octanol–water partition coefficient (Wildman–Crippen LogP) is 3.26. The summed E-state index contributed by atoms with van der Waals surface area (Å²) in [6.07, 6.45) is 3.45. The maximum atomic E-state index is 11.9. The number of furan rings is 1. The molecule has 0 fully saturated rings. The van der Waals surface area contributed by atoms with E-state index in [0.717, 1.165) is 22.0 Å². The molecule has 0 aliphatic carbocycles. The largest absolute Gasteiger partial charge is 0.466 e.